The average molecular weight is 418 g/mol. The number of aromatic nitrogens is 2. The summed E-state index contributed by atoms with van der Waals surface area (Å²) in [4.78, 5) is 11.3. The summed E-state index contributed by atoms with van der Waals surface area (Å²) in [5.41, 5.74) is 8.36. The minimum Gasteiger partial charge on any atom is -0.338 e. The Morgan fingerprint density at radius 3 is 2.83 bits per heavy atom. The van der Waals surface area contributed by atoms with Gasteiger partial charge in [0, 0.05) is 30.0 Å². The normalized spacial score (nSPS) is 15.6. The standard InChI is InChI=1S/C24H24ClN5/c1-15-6-7-17-4-3-5-21(22(15)17)28-23-20(25)13-26-24(29-23)27-19-9-8-16-10-11-30(2)14-18(16)12-19/h3-5,8-9,12-13H,1,6-7,10-11,14H2,2H3,(H2,26,27,28,29). The van der Waals surface area contributed by atoms with E-state index in [1.807, 2.05) is 6.07 Å². The number of fused-ring (bicyclic) bond motifs is 2. The molecule has 1 aliphatic heterocycles. The van der Waals surface area contributed by atoms with Gasteiger partial charge in [0.1, 0.15) is 5.02 Å². The number of nitrogens with zero attached hydrogens (tertiary/aromatic N) is 3. The zero-order chi connectivity index (χ0) is 20.7. The molecule has 3 aromatic rings. The van der Waals surface area contributed by atoms with Crippen LogP contribution in [0, 0.1) is 0 Å². The fraction of sp³-hybridized carbons (Fsp3) is 0.250. The van der Waals surface area contributed by atoms with Gasteiger partial charge in [-0.05, 0) is 66.8 Å². The first kappa shape index (κ1) is 19.1. The van der Waals surface area contributed by atoms with Gasteiger partial charge in [0.25, 0.3) is 0 Å². The van der Waals surface area contributed by atoms with Gasteiger partial charge >= 0.3 is 0 Å². The molecule has 1 aliphatic carbocycles. The van der Waals surface area contributed by atoms with Crippen LogP contribution in [0.5, 0.6) is 0 Å². The lowest BCUT2D eigenvalue weighted by Gasteiger charge is -2.25. The third kappa shape index (κ3) is 3.66. The molecule has 2 aromatic carbocycles. The van der Waals surface area contributed by atoms with E-state index >= 15 is 0 Å². The Balaban J connectivity index is 1.41. The molecule has 2 heterocycles. The zero-order valence-electron chi connectivity index (χ0n) is 17.0. The van der Waals surface area contributed by atoms with Crippen LogP contribution in [-0.4, -0.2) is 28.5 Å². The lowest BCUT2D eigenvalue weighted by molar-refractivity contribution is 0.313. The molecule has 0 atom stereocenters. The van der Waals surface area contributed by atoms with Crippen molar-refractivity contribution in [1.82, 2.24) is 14.9 Å². The topological polar surface area (TPSA) is 53.1 Å². The van der Waals surface area contributed by atoms with Gasteiger partial charge in [0.05, 0.1) is 6.20 Å². The van der Waals surface area contributed by atoms with Crippen LogP contribution in [0.25, 0.3) is 5.57 Å². The van der Waals surface area contributed by atoms with Crippen LogP contribution in [0.15, 0.2) is 49.2 Å². The number of allylic oxidation sites excluding steroid dienone is 1. The molecule has 2 aliphatic rings. The minimum atomic E-state index is 0.480. The van der Waals surface area contributed by atoms with Gasteiger partial charge in [0.15, 0.2) is 5.82 Å². The molecule has 0 saturated carbocycles. The molecule has 1 aromatic heterocycles. The highest BCUT2D eigenvalue weighted by atomic mass is 35.5. The van der Waals surface area contributed by atoms with E-state index in [0.717, 1.165) is 49.3 Å². The van der Waals surface area contributed by atoms with Crippen LogP contribution >= 0.6 is 11.6 Å². The highest BCUT2D eigenvalue weighted by Crippen LogP contribution is 2.38. The van der Waals surface area contributed by atoms with Crippen LogP contribution in [-0.2, 0) is 19.4 Å². The van der Waals surface area contributed by atoms with Crippen LogP contribution in [0.3, 0.4) is 0 Å². The molecule has 0 bridgehead atoms. The Morgan fingerprint density at radius 1 is 1.03 bits per heavy atom. The molecule has 5 rings (SSSR count). The van der Waals surface area contributed by atoms with E-state index in [-0.39, 0.29) is 0 Å². The van der Waals surface area contributed by atoms with Gasteiger partial charge in [-0.1, -0.05) is 36.4 Å². The number of aryl methyl sites for hydroxylation is 1. The lowest BCUT2D eigenvalue weighted by atomic mass is 9.99. The number of rotatable bonds is 4. The number of benzene rings is 2. The first-order valence-electron chi connectivity index (χ1n) is 10.2. The van der Waals surface area contributed by atoms with Crippen LogP contribution < -0.4 is 10.6 Å². The Kier molecular flexibility index (Phi) is 4.93. The van der Waals surface area contributed by atoms with E-state index in [1.165, 1.54) is 22.3 Å². The quantitative estimate of drug-likeness (QED) is 0.581. The van der Waals surface area contributed by atoms with Gasteiger partial charge in [-0.2, -0.15) is 4.98 Å². The molecule has 0 unspecified atom stereocenters. The highest BCUT2D eigenvalue weighted by molar-refractivity contribution is 6.33. The Hall–Kier alpha value is -2.89. The largest absolute Gasteiger partial charge is 0.338 e. The summed E-state index contributed by atoms with van der Waals surface area (Å²) in [6.07, 6.45) is 4.74. The molecule has 0 spiro atoms. The van der Waals surface area contributed by atoms with E-state index in [1.54, 1.807) is 6.20 Å². The summed E-state index contributed by atoms with van der Waals surface area (Å²) in [5, 5.41) is 7.20. The number of anilines is 4. The van der Waals surface area contributed by atoms with E-state index in [0.29, 0.717) is 16.8 Å². The van der Waals surface area contributed by atoms with Gasteiger partial charge < -0.3 is 15.5 Å². The Labute approximate surface area is 181 Å². The maximum Gasteiger partial charge on any atom is 0.229 e. The Morgan fingerprint density at radius 2 is 1.93 bits per heavy atom. The van der Waals surface area contributed by atoms with Crippen molar-refractivity contribution in [3.05, 3.63) is 76.5 Å². The monoisotopic (exact) mass is 417 g/mol. The van der Waals surface area contributed by atoms with Gasteiger partial charge in [-0.15, -0.1) is 0 Å². The average Bonchev–Trinajstić information content (AvgIpc) is 3.12. The highest BCUT2D eigenvalue weighted by Gasteiger charge is 2.19. The maximum atomic E-state index is 6.40. The lowest BCUT2D eigenvalue weighted by Crippen LogP contribution is -2.26. The van der Waals surface area contributed by atoms with Crippen LogP contribution in [0.4, 0.5) is 23.1 Å². The molecule has 0 radical (unpaired) electrons. The first-order chi connectivity index (χ1) is 14.6. The number of halogens is 1. The van der Waals surface area contributed by atoms with E-state index in [2.05, 4.69) is 69.5 Å². The van der Waals surface area contributed by atoms with Crippen molar-refractivity contribution < 1.29 is 0 Å². The number of hydrogen-bond donors (Lipinski definition) is 2. The predicted molar refractivity (Wildman–Crippen MR) is 124 cm³/mol. The maximum absolute atomic E-state index is 6.40. The fourth-order valence-electron chi connectivity index (χ4n) is 4.29. The zero-order valence-corrected chi connectivity index (χ0v) is 17.8. The summed E-state index contributed by atoms with van der Waals surface area (Å²) in [6.45, 7) is 6.27. The van der Waals surface area contributed by atoms with Gasteiger partial charge in [-0.25, -0.2) is 4.98 Å². The predicted octanol–water partition coefficient (Wildman–Crippen LogP) is 5.56. The van der Waals surface area contributed by atoms with Crippen molar-refractivity contribution in [3.8, 4) is 0 Å². The van der Waals surface area contributed by atoms with Crippen molar-refractivity contribution in [2.45, 2.75) is 25.8 Å². The molecular weight excluding hydrogens is 394 g/mol. The van der Waals surface area contributed by atoms with Crippen molar-refractivity contribution in [2.24, 2.45) is 0 Å². The summed E-state index contributed by atoms with van der Waals surface area (Å²) in [7, 11) is 2.15. The molecular formula is C24H24ClN5. The molecule has 2 N–H and O–H groups in total. The Bertz CT molecular complexity index is 1140. The third-order valence-corrected chi connectivity index (χ3v) is 6.14. The summed E-state index contributed by atoms with van der Waals surface area (Å²) in [5.74, 6) is 1.09. The molecule has 30 heavy (non-hydrogen) atoms. The molecule has 5 nitrogen and oxygen atoms in total. The second-order valence-corrected chi connectivity index (χ2v) is 8.46. The first-order valence-corrected chi connectivity index (χ1v) is 10.6. The van der Waals surface area contributed by atoms with Crippen molar-refractivity contribution >= 4 is 40.3 Å². The van der Waals surface area contributed by atoms with Crippen molar-refractivity contribution in [1.29, 1.82) is 0 Å². The molecule has 6 heteroatoms. The fourth-order valence-corrected chi connectivity index (χ4v) is 4.43. The number of hydrogen-bond acceptors (Lipinski definition) is 5. The molecule has 152 valence electrons. The minimum absolute atomic E-state index is 0.480. The SMILES string of the molecule is C=C1CCc2cccc(Nc3nc(Nc4ccc5c(c4)CN(C)CC5)ncc3Cl)c21. The van der Waals surface area contributed by atoms with Gasteiger partial charge in [0.2, 0.25) is 5.95 Å². The second-order valence-electron chi connectivity index (χ2n) is 8.05. The van der Waals surface area contributed by atoms with E-state index in [9.17, 15) is 0 Å². The second kappa shape index (κ2) is 7.74. The molecule has 0 fully saturated rings. The summed E-state index contributed by atoms with van der Waals surface area (Å²) < 4.78 is 0. The van der Waals surface area contributed by atoms with E-state index < -0.39 is 0 Å². The van der Waals surface area contributed by atoms with Crippen molar-refractivity contribution in [2.75, 3.05) is 24.2 Å². The van der Waals surface area contributed by atoms with Gasteiger partial charge in [-0.3, -0.25) is 0 Å². The molecule has 0 saturated heterocycles. The molecule has 0 amide bonds. The number of nitrogens with one attached hydrogen (secondary N) is 2. The summed E-state index contributed by atoms with van der Waals surface area (Å²) in [6, 6.07) is 12.7. The van der Waals surface area contributed by atoms with Crippen LogP contribution in [0.1, 0.15) is 28.7 Å². The number of likely N-dealkylation sites (N-methyl/N-ethyl adjacent to an activating group) is 1. The summed E-state index contributed by atoms with van der Waals surface area (Å²) >= 11 is 6.40. The van der Waals surface area contributed by atoms with E-state index in [4.69, 9.17) is 11.6 Å². The third-order valence-electron chi connectivity index (χ3n) is 5.86. The smallest absolute Gasteiger partial charge is 0.229 e. The van der Waals surface area contributed by atoms with Crippen LogP contribution in [0.2, 0.25) is 5.02 Å². The van der Waals surface area contributed by atoms with Crippen molar-refractivity contribution in [3.63, 3.8) is 0 Å².